The van der Waals surface area contributed by atoms with E-state index in [2.05, 4.69) is 0 Å². The van der Waals surface area contributed by atoms with E-state index in [9.17, 15) is 14.7 Å². The molecule has 2 heterocycles. The van der Waals surface area contributed by atoms with Gasteiger partial charge in [-0.15, -0.1) is 0 Å². The maximum Gasteiger partial charge on any atom is 0.264 e. The number of aryl methyl sites for hydroxylation is 1. The van der Waals surface area contributed by atoms with Gasteiger partial charge >= 0.3 is 0 Å². The van der Waals surface area contributed by atoms with Gasteiger partial charge in [0.2, 0.25) is 6.79 Å². The first-order valence-electron chi connectivity index (χ1n) is 10.8. The summed E-state index contributed by atoms with van der Waals surface area (Å²) in [5.41, 5.74) is 1.65. The van der Waals surface area contributed by atoms with Crippen molar-refractivity contribution in [3.8, 4) is 11.5 Å². The first kappa shape index (κ1) is 22.2. The first-order valence-corrected chi connectivity index (χ1v) is 11.2. The summed E-state index contributed by atoms with van der Waals surface area (Å²) in [4.78, 5) is 27.8. The molecule has 1 amide bonds. The predicted octanol–water partition coefficient (Wildman–Crippen LogP) is 4.78. The number of anilines is 1. The number of nitrogens with zero attached hydrogens (tertiary/aromatic N) is 1. The maximum atomic E-state index is 13.4. The van der Waals surface area contributed by atoms with Crippen molar-refractivity contribution in [1.82, 2.24) is 0 Å². The Labute approximate surface area is 202 Å². The van der Waals surface area contributed by atoms with Crippen LogP contribution in [-0.2, 0) is 21.7 Å². The number of allylic oxidation sites excluding steroid dienone is 1. The monoisotopic (exact) mass is 475 g/mol. The zero-order valence-electron chi connectivity index (χ0n) is 18.5. The van der Waals surface area contributed by atoms with E-state index in [-0.39, 0.29) is 13.3 Å². The molecule has 0 spiro atoms. The van der Waals surface area contributed by atoms with Crippen LogP contribution in [0.5, 0.6) is 11.5 Å². The molecule has 1 N–H and O–H groups in total. The lowest BCUT2D eigenvalue weighted by atomic mass is 9.89. The minimum Gasteiger partial charge on any atom is -0.454 e. The van der Waals surface area contributed by atoms with E-state index >= 15 is 0 Å². The van der Waals surface area contributed by atoms with Crippen LogP contribution in [0.3, 0.4) is 0 Å². The molecule has 0 aliphatic carbocycles. The number of rotatable bonds is 6. The Morgan fingerprint density at radius 3 is 2.65 bits per heavy atom. The van der Waals surface area contributed by atoms with E-state index in [1.807, 2.05) is 31.2 Å². The number of ketones is 1. The normalized spacial score (nSPS) is 18.6. The summed E-state index contributed by atoms with van der Waals surface area (Å²) in [7, 11) is 0. The van der Waals surface area contributed by atoms with Crippen LogP contribution in [0.4, 0.5) is 5.69 Å². The average molecular weight is 476 g/mol. The van der Waals surface area contributed by atoms with Gasteiger partial charge in [0, 0.05) is 10.6 Å². The van der Waals surface area contributed by atoms with Crippen LogP contribution in [-0.4, -0.2) is 23.6 Å². The highest BCUT2D eigenvalue weighted by Crippen LogP contribution is 2.44. The molecule has 0 saturated heterocycles. The number of carbonyl (C=O) groups is 2. The van der Waals surface area contributed by atoms with Crippen LogP contribution < -0.4 is 14.4 Å². The van der Waals surface area contributed by atoms with Crippen molar-refractivity contribution in [3.05, 3.63) is 94.0 Å². The van der Waals surface area contributed by atoms with Crippen molar-refractivity contribution in [2.45, 2.75) is 25.5 Å². The maximum absolute atomic E-state index is 13.4. The Morgan fingerprint density at radius 1 is 1.09 bits per heavy atom. The summed E-state index contributed by atoms with van der Waals surface area (Å²) in [5.74, 6) is 0.317. The highest BCUT2D eigenvalue weighted by atomic mass is 35.5. The van der Waals surface area contributed by atoms with E-state index in [0.29, 0.717) is 27.8 Å². The van der Waals surface area contributed by atoms with Gasteiger partial charge in [0.05, 0.1) is 18.7 Å². The Kier molecular flexibility index (Phi) is 5.63. The smallest absolute Gasteiger partial charge is 0.264 e. The highest BCUT2D eigenvalue weighted by molar-refractivity contribution is 6.31. The van der Waals surface area contributed by atoms with Gasteiger partial charge in [-0.1, -0.05) is 53.6 Å². The zero-order chi connectivity index (χ0) is 23.9. The molecule has 0 aromatic heterocycles. The summed E-state index contributed by atoms with van der Waals surface area (Å²) in [6.45, 7) is 2.43. The van der Waals surface area contributed by atoms with Gasteiger partial charge in [-0.25, -0.2) is 0 Å². The second-order valence-corrected chi connectivity index (χ2v) is 8.92. The molecule has 0 radical (unpaired) electrons. The Balaban J connectivity index is 1.40. The van der Waals surface area contributed by atoms with Crippen molar-refractivity contribution in [3.63, 3.8) is 0 Å². The van der Waals surface area contributed by atoms with Crippen molar-refractivity contribution in [2.75, 3.05) is 11.7 Å². The van der Waals surface area contributed by atoms with Crippen LogP contribution in [0, 0.1) is 6.92 Å². The van der Waals surface area contributed by atoms with Crippen molar-refractivity contribution in [2.24, 2.45) is 0 Å². The fourth-order valence-corrected chi connectivity index (χ4v) is 4.42. The average Bonchev–Trinajstić information content (AvgIpc) is 3.36. The Bertz CT molecular complexity index is 1320. The van der Waals surface area contributed by atoms with E-state index in [4.69, 9.17) is 21.1 Å². The fraction of sp³-hybridized carbons (Fsp3) is 0.185. The van der Waals surface area contributed by atoms with Gasteiger partial charge < -0.3 is 19.5 Å². The number of halogens is 1. The van der Waals surface area contributed by atoms with Crippen molar-refractivity contribution >= 4 is 35.1 Å². The van der Waals surface area contributed by atoms with Gasteiger partial charge in [0.1, 0.15) is 0 Å². The molecule has 5 rings (SSSR count). The second kappa shape index (κ2) is 8.63. The minimum absolute atomic E-state index is 0.164. The highest BCUT2D eigenvalue weighted by Gasteiger charge is 2.50. The predicted molar refractivity (Wildman–Crippen MR) is 129 cm³/mol. The molecule has 0 saturated carbocycles. The molecular formula is C27H22ClNO5. The molecule has 1 atom stereocenters. The number of amides is 1. The Morgan fingerprint density at radius 2 is 1.85 bits per heavy atom. The number of fused-ring (bicyclic) bond motifs is 2. The first-order chi connectivity index (χ1) is 16.3. The van der Waals surface area contributed by atoms with Gasteiger partial charge in [0.25, 0.3) is 5.91 Å². The van der Waals surface area contributed by atoms with E-state index in [1.54, 1.807) is 42.5 Å². The van der Waals surface area contributed by atoms with Crippen LogP contribution in [0.25, 0.3) is 6.08 Å². The van der Waals surface area contributed by atoms with E-state index in [0.717, 1.165) is 16.7 Å². The lowest BCUT2D eigenvalue weighted by Gasteiger charge is -2.22. The van der Waals surface area contributed by atoms with Crippen LogP contribution in [0.2, 0.25) is 5.02 Å². The number of ether oxygens (including phenoxy) is 2. The lowest BCUT2D eigenvalue weighted by Crippen LogP contribution is -2.41. The van der Waals surface area contributed by atoms with Crippen LogP contribution >= 0.6 is 11.6 Å². The van der Waals surface area contributed by atoms with Crippen molar-refractivity contribution < 1.29 is 24.2 Å². The molecule has 34 heavy (non-hydrogen) atoms. The summed E-state index contributed by atoms with van der Waals surface area (Å²) in [5, 5.41) is 11.9. The standard InChI is InChI=1S/C27H22ClNO5/c1-17-2-4-19(5-3-17)15-29-23-10-8-20(28)13-22(23)27(32,26(29)31)14-21(30)9-6-18-7-11-24-25(12-18)34-16-33-24/h2-13,32H,14-16H2,1H3/b9-6+. The second-order valence-electron chi connectivity index (χ2n) is 8.49. The third kappa shape index (κ3) is 4.06. The molecule has 172 valence electrons. The largest absolute Gasteiger partial charge is 0.454 e. The quantitative estimate of drug-likeness (QED) is 0.519. The summed E-state index contributed by atoms with van der Waals surface area (Å²) < 4.78 is 10.7. The molecule has 3 aromatic carbocycles. The van der Waals surface area contributed by atoms with E-state index < -0.39 is 23.7 Å². The summed E-state index contributed by atoms with van der Waals surface area (Å²) in [6, 6.07) is 18.1. The fourth-order valence-electron chi connectivity index (χ4n) is 4.24. The molecule has 3 aromatic rings. The van der Waals surface area contributed by atoms with Crippen molar-refractivity contribution in [1.29, 1.82) is 0 Å². The third-order valence-corrected chi connectivity index (χ3v) is 6.28. The molecule has 6 nitrogen and oxygen atoms in total. The third-order valence-electron chi connectivity index (χ3n) is 6.04. The van der Waals surface area contributed by atoms with Gasteiger partial charge in [-0.05, 0) is 54.5 Å². The molecular weight excluding hydrogens is 454 g/mol. The Hall–Kier alpha value is -3.61. The topological polar surface area (TPSA) is 76.1 Å². The molecule has 2 aliphatic heterocycles. The zero-order valence-corrected chi connectivity index (χ0v) is 19.2. The molecule has 0 bridgehead atoms. The lowest BCUT2D eigenvalue weighted by molar-refractivity contribution is -0.140. The number of carbonyl (C=O) groups excluding carboxylic acids is 2. The van der Waals surface area contributed by atoms with E-state index in [1.165, 1.54) is 11.0 Å². The number of aliphatic hydroxyl groups is 1. The van der Waals surface area contributed by atoms with Crippen LogP contribution in [0.15, 0.2) is 66.7 Å². The summed E-state index contributed by atoms with van der Waals surface area (Å²) >= 11 is 6.19. The van der Waals surface area contributed by atoms with Crippen LogP contribution in [0.1, 0.15) is 28.7 Å². The molecule has 7 heteroatoms. The van der Waals surface area contributed by atoms with Gasteiger partial charge in [-0.3, -0.25) is 9.59 Å². The number of hydrogen-bond acceptors (Lipinski definition) is 5. The summed E-state index contributed by atoms with van der Waals surface area (Å²) in [6.07, 6.45) is 2.58. The molecule has 2 aliphatic rings. The molecule has 1 unspecified atom stereocenters. The SMILES string of the molecule is Cc1ccc(CN2C(=O)C(O)(CC(=O)/C=C/c3ccc4c(c3)OCO4)c3cc(Cl)ccc32)cc1. The van der Waals surface area contributed by atoms with Gasteiger partial charge in [0.15, 0.2) is 22.9 Å². The van der Waals surface area contributed by atoms with Gasteiger partial charge in [-0.2, -0.15) is 0 Å². The minimum atomic E-state index is -2.00. The number of benzene rings is 3. The molecule has 0 fully saturated rings. The number of hydrogen-bond donors (Lipinski definition) is 1.